The molecule has 0 heterocycles. The maximum Gasteiger partial charge on any atom is 1.00 e. The van der Waals surface area contributed by atoms with E-state index in [2.05, 4.69) is 48.1 Å². The molecule has 0 aliphatic carbocycles. The molecule has 0 fully saturated rings. The van der Waals surface area contributed by atoms with E-state index < -0.39 is 0 Å². The van der Waals surface area contributed by atoms with E-state index in [0.717, 1.165) is 32.4 Å². The third kappa shape index (κ3) is 15.9. The first-order valence-corrected chi connectivity index (χ1v) is 5.71. The molecule has 0 saturated heterocycles. The van der Waals surface area contributed by atoms with Gasteiger partial charge in [0.15, 0.2) is 0 Å². The Morgan fingerprint density at radius 2 is 1.79 bits per heavy atom. The summed E-state index contributed by atoms with van der Waals surface area (Å²) in [6.07, 6.45) is 3.24. The number of rotatable bonds is 6. The summed E-state index contributed by atoms with van der Waals surface area (Å²) in [5.41, 5.74) is 0. The van der Waals surface area contributed by atoms with Gasteiger partial charge in [-0.3, -0.25) is 0 Å². The molecule has 0 spiro atoms. The average molecular weight is 276 g/mol. The molecule has 7 heteroatoms. The van der Waals surface area contributed by atoms with Crippen LogP contribution < -0.4 is 34.9 Å². The van der Waals surface area contributed by atoms with Crippen LogP contribution >= 0.6 is 49.7 Å². The number of unbranched alkanes of at least 4 members (excludes halogenated alkanes) is 2. The van der Waals surface area contributed by atoms with E-state index in [1.165, 1.54) is 0 Å². The monoisotopic (exact) mass is 276 g/mol. The van der Waals surface area contributed by atoms with Crippen LogP contribution in [0, 0.1) is 0 Å². The van der Waals surface area contributed by atoms with Crippen molar-refractivity contribution in [3.8, 4) is 0 Å². The SMILES string of the molecule is S=C(S)[N-]CCCCCNC(=S)S.[Na+]. The van der Waals surface area contributed by atoms with Crippen LogP contribution in [0.25, 0.3) is 5.32 Å². The summed E-state index contributed by atoms with van der Waals surface area (Å²) in [5.74, 6) is 0. The molecule has 76 valence electrons. The summed E-state index contributed by atoms with van der Waals surface area (Å²) < 4.78 is 0.996. The molecule has 0 aliphatic rings. The van der Waals surface area contributed by atoms with E-state index in [1.54, 1.807) is 0 Å². The number of nitrogens with one attached hydrogen (secondary N) is 1. The molecule has 0 bridgehead atoms. The molecule has 0 radical (unpaired) electrons. The molecule has 1 N–H and O–H groups in total. The zero-order valence-electron chi connectivity index (χ0n) is 8.19. The Kier molecular flexibility index (Phi) is 16.0. The van der Waals surface area contributed by atoms with E-state index in [-0.39, 0.29) is 29.6 Å². The first kappa shape index (κ1) is 17.9. The van der Waals surface area contributed by atoms with Crippen molar-refractivity contribution in [3.63, 3.8) is 0 Å². The normalized spacial score (nSPS) is 8.71. The Morgan fingerprint density at radius 3 is 2.29 bits per heavy atom. The van der Waals surface area contributed by atoms with Gasteiger partial charge in [0, 0.05) is 6.54 Å². The van der Waals surface area contributed by atoms with Gasteiger partial charge in [0.2, 0.25) is 0 Å². The molecule has 0 aromatic carbocycles. The van der Waals surface area contributed by atoms with E-state index in [0.29, 0.717) is 8.64 Å². The van der Waals surface area contributed by atoms with Crippen LogP contribution in [0.3, 0.4) is 0 Å². The molecule has 0 rings (SSSR count). The Balaban J connectivity index is 0. The standard InChI is InChI=1S/C7H14N2S4.Na/c10-6(11)8-4-2-1-3-5-9-7(12)13;/h1-5H2,(H4,8,9,10,11,12,13);/q;+1/p-1. The van der Waals surface area contributed by atoms with Crippen molar-refractivity contribution in [1.82, 2.24) is 5.32 Å². The van der Waals surface area contributed by atoms with Crippen molar-refractivity contribution in [1.29, 1.82) is 0 Å². The molecular weight excluding hydrogens is 263 g/mol. The van der Waals surface area contributed by atoms with Crippen molar-refractivity contribution >= 4 is 58.3 Å². The number of nitrogens with zero attached hydrogens (tertiary/aromatic N) is 1. The summed E-state index contributed by atoms with van der Waals surface area (Å²) in [6.45, 7) is 1.65. The second kappa shape index (κ2) is 12.5. The quantitative estimate of drug-likeness (QED) is 0.265. The van der Waals surface area contributed by atoms with Gasteiger partial charge in [0.05, 0.1) is 0 Å². The fraction of sp³-hybridized carbons (Fsp3) is 0.714. The van der Waals surface area contributed by atoms with Crippen molar-refractivity contribution in [2.24, 2.45) is 0 Å². The summed E-state index contributed by atoms with van der Waals surface area (Å²) in [5, 5.41) is 6.96. The minimum Gasteiger partial charge on any atom is -0.670 e. The van der Waals surface area contributed by atoms with Gasteiger partial charge < -0.3 is 10.6 Å². The van der Waals surface area contributed by atoms with Gasteiger partial charge in [-0.25, -0.2) is 0 Å². The summed E-state index contributed by atoms with van der Waals surface area (Å²) in [7, 11) is 0. The van der Waals surface area contributed by atoms with Crippen molar-refractivity contribution < 1.29 is 29.6 Å². The third-order valence-electron chi connectivity index (χ3n) is 1.36. The predicted octanol–water partition coefficient (Wildman–Crippen LogP) is -0.447. The van der Waals surface area contributed by atoms with E-state index >= 15 is 0 Å². The van der Waals surface area contributed by atoms with Crippen LogP contribution in [0.5, 0.6) is 0 Å². The maximum atomic E-state index is 4.74. The van der Waals surface area contributed by atoms with Crippen LogP contribution in [0.1, 0.15) is 19.3 Å². The molecule has 0 saturated carbocycles. The van der Waals surface area contributed by atoms with Gasteiger partial charge in [0.1, 0.15) is 4.32 Å². The van der Waals surface area contributed by atoms with Gasteiger partial charge in [0.25, 0.3) is 0 Å². The molecule has 14 heavy (non-hydrogen) atoms. The van der Waals surface area contributed by atoms with Crippen LogP contribution in [-0.2, 0) is 0 Å². The Labute approximate surface area is 129 Å². The Hall–Kier alpha value is 1.48. The van der Waals surface area contributed by atoms with Gasteiger partial charge in [-0.05, 0) is 10.7 Å². The predicted molar refractivity (Wildman–Crippen MR) is 73.2 cm³/mol. The van der Waals surface area contributed by atoms with Gasteiger partial charge >= 0.3 is 29.6 Å². The van der Waals surface area contributed by atoms with Crippen molar-refractivity contribution in [2.45, 2.75) is 19.3 Å². The number of hydrogen-bond acceptors (Lipinski definition) is 2. The smallest absolute Gasteiger partial charge is 0.670 e. The summed E-state index contributed by atoms with van der Waals surface area (Å²) >= 11 is 17.3. The van der Waals surface area contributed by atoms with Gasteiger partial charge in [-0.1, -0.05) is 37.3 Å². The fourth-order valence-electron chi connectivity index (χ4n) is 0.784. The van der Waals surface area contributed by atoms with Gasteiger partial charge in [-0.15, -0.1) is 19.2 Å². The second-order valence-electron chi connectivity index (χ2n) is 2.46. The first-order valence-electron chi connectivity index (χ1n) is 4.00. The largest absolute Gasteiger partial charge is 1.00 e. The number of hydrogen-bond donors (Lipinski definition) is 3. The summed E-state index contributed by atoms with van der Waals surface area (Å²) in [6, 6.07) is 0. The number of thiol groups is 2. The Bertz CT molecular complexity index is 159. The summed E-state index contributed by atoms with van der Waals surface area (Å²) in [4.78, 5) is 0. The molecule has 0 unspecified atom stereocenters. The molecule has 0 amide bonds. The van der Waals surface area contributed by atoms with E-state index in [4.69, 9.17) is 12.2 Å². The fourth-order valence-corrected chi connectivity index (χ4v) is 1.19. The van der Waals surface area contributed by atoms with Crippen molar-refractivity contribution in [3.05, 3.63) is 5.32 Å². The van der Waals surface area contributed by atoms with Crippen LogP contribution in [-0.4, -0.2) is 21.7 Å². The minimum atomic E-state index is 0. The van der Waals surface area contributed by atoms with E-state index in [9.17, 15) is 0 Å². The zero-order chi connectivity index (χ0) is 10.1. The third-order valence-corrected chi connectivity index (χ3v) is 1.93. The molecule has 0 atom stereocenters. The maximum absolute atomic E-state index is 4.74. The molecule has 0 aromatic rings. The first-order chi connectivity index (χ1) is 6.13. The Morgan fingerprint density at radius 1 is 1.14 bits per heavy atom. The zero-order valence-corrected chi connectivity index (χ0v) is 13.6. The molecule has 2 nitrogen and oxygen atoms in total. The topological polar surface area (TPSA) is 26.1 Å². The van der Waals surface area contributed by atoms with E-state index in [1.807, 2.05) is 0 Å². The van der Waals surface area contributed by atoms with Crippen LogP contribution in [0.2, 0.25) is 0 Å². The minimum absolute atomic E-state index is 0. The van der Waals surface area contributed by atoms with Crippen molar-refractivity contribution in [2.75, 3.05) is 13.1 Å². The number of thiocarbonyl (C=S) groups is 2. The molecule has 0 aromatic heterocycles. The van der Waals surface area contributed by atoms with Crippen LogP contribution in [0.4, 0.5) is 0 Å². The van der Waals surface area contributed by atoms with Gasteiger partial charge in [-0.2, -0.15) is 12.6 Å². The molecule has 0 aliphatic heterocycles. The van der Waals surface area contributed by atoms with Crippen LogP contribution in [0.15, 0.2) is 0 Å². The molecular formula is C7H13N2NaS4. The average Bonchev–Trinajstić information content (AvgIpc) is 2.01. The second-order valence-corrected chi connectivity index (χ2v) is 4.73.